The minimum absolute atomic E-state index is 0.181. The molecule has 0 unspecified atom stereocenters. The maximum atomic E-state index is 13.3. The van der Waals surface area contributed by atoms with Crippen LogP contribution in [-0.2, 0) is 24.1 Å². The number of hydrogen-bond donors (Lipinski definition) is 0. The Morgan fingerprint density at radius 1 is 1.24 bits per heavy atom. The zero-order valence-electron chi connectivity index (χ0n) is 13.7. The average molecular weight is 351 g/mol. The van der Waals surface area contributed by atoms with E-state index in [4.69, 9.17) is 4.42 Å². The second-order valence-electron chi connectivity index (χ2n) is 5.77. The van der Waals surface area contributed by atoms with Crippen LogP contribution >= 0.6 is 0 Å². The third-order valence-corrected chi connectivity index (χ3v) is 3.82. The molecule has 0 aliphatic rings. The van der Waals surface area contributed by atoms with Gasteiger partial charge in [-0.25, -0.2) is 4.98 Å². The third kappa shape index (κ3) is 3.52. The number of fused-ring (bicyclic) bond motifs is 1. The summed E-state index contributed by atoms with van der Waals surface area (Å²) in [5.74, 6) is -0.275. The predicted molar refractivity (Wildman–Crippen MR) is 84.7 cm³/mol. The predicted octanol–water partition coefficient (Wildman–Crippen LogP) is 3.62. The monoisotopic (exact) mass is 351 g/mol. The molecule has 0 radical (unpaired) electrons. The first-order valence-corrected chi connectivity index (χ1v) is 7.57. The van der Waals surface area contributed by atoms with Gasteiger partial charge in [0.25, 0.3) is 0 Å². The summed E-state index contributed by atoms with van der Waals surface area (Å²) in [6.07, 6.45) is -4.64. The molecule has 132 valence electrons. The second-order valence-corrected chi connectivity index (χ2v) is 5.77. The molecule has 5 nitrogen and oxygen atoms in total. The number of halogens is 3. The Hall–Kier alpha value is -2.77. The fraction of sp³-hybridized carbons (Fsp3) is 0.294. The number of rotatable bonds is 4. The minimum atomic E-state index is -4.64. The number of amides is 1. The fourth-order valence-corrected chi connectivity index (χ4v) is 2.60. The van der Waals surface area contributed by atoms with Gasteiger partial charge in [-0.1, -0.05) is 12.1 Å². The molecular weight excluding hydrogens is 335 g/mol. The maximum absolute atomic E-state index is 13.3. The smallest absolute Gasteiger partial charge is 0.449 e. The number of aromatic nitrogens is 2. The van der Waals surface area contributed by atoms with Crippen LogP contribution in [0.5, 0.6) is 0 Å². The summed E-state index contributed by atoms with van der Waals surface area (Å²) in [5.41, 5.74) is 0.470. The molecule has 0 bridgehead atoms. The maximum Gasteiger partial charge on any atom is 0.449 e. The number of para-hydroxylation sites is 2. The Labute approximate surface area is 141 Å². The van der Waals surface area contributed by atoms with Crippen LogP contribution in [0, 0.1) is 6.92 Å². The molecule has 3 rings (SSSR count). The third-order valence-electron chi connectivity index (χ3n) is 3.82. The largest absolute Gasteiger partial charge is 0.464 e. The van der Waals surface area contributed by atoms with Gasteiger partial charge in [0, 0.05) is 7.05 Å². The zero-order chi connectivity index (χ0) is 18.2. The summed E-state index contributed by atoms with van der Waals surface area (Å²) in [7, 11) is 1.52. The first-order valence-electron chi connectivity index (χ1n) is 7.57. The number of carbonyl (C=O) groups excluding carboxylic acids is 1. The van der Waals surface area contributed by atoms with Gasteiger partial charge in [-0.2, -0.15) is 13.2 Å². The lowest BCUT2D eigenvalue weighted by Gasteiger charge is -2.18. The summed E-state index contributed by atoms with van der Waals surface area (Å²) >= 11 is 0. The SMILES string of the molecule is Cc1ccc(CN(C)C(=O)Cn2c(C(F)(F)F)nc3ccccc32)o1. The molecule has 1 amide bonds. The number of nitrogens with zero attached hydrogens (tertiary/aromatic N) is 3. The van der Waals surface area contributed by atoms with E-state index >= 15 is 0 Å². The summed E-state index contributed by atoms with van der Waals surface area (Å²) in [6.45, 7) is 1.50. The Morgan fingerprint density at radius 3 is 2.60 bits per heavy atom. The molecule has 0 aliphatic carbocycles. The highest BCUT2D eigenvalue weighted by atomic mass is 19.4. The fourth-order valence-electron chi connectivity index (χ4n) is 2.60. The van der Waals surface area contributed by atoms with E-state index in [1.807, 2.05) is 0 Å². The normalized spacial score (nSPS) is 11.9. The molecule has 2 heterocycles. The number of benzene rings is 1. The Bertz CT molecular complexity index is 911. The van der Waals surface area contributed by atoms with Crippen LogP contribution < -0.4 is 0 Å². The van der Waals surface area contributed by atoms with Gasteiger partial charge in [-0.3, -0.25) is 4.79 Å². The number of carbonyl (C=O) groups is 1. The molecule has 3 aromatic rings. The van der Waals surface area contributed by atoms with Crippen molar-refractivity contribution in [3.05, 3.63) is 53.7 Å². The van der Waals surface area contributed by atoms with Crippen molar-refractivity contribution in [1.82, 2.24) is 14.5 Å². The van der Waals surface area contributed by atoms with Crippen molar-refractivity contribution < 1.29 is 22.4 Å². The van der Waals surface area contributed by atoms with E-state index < -0.39 is 24.5 Å². The number of aryl methyl sites for hydroxylation is 1. The van der Waals surface area contributed by atoms with E-state index in [0.717, 1.165) is 4.57 Å². The van der Waals surface area contributed by atoms with Crippen molar-refractivity contribution in [2.24, 2.45) is 0 Å². The highest BCUT2D eigenvalue weighted by molar-refractivity contribution is 5.81. The second kappa shape index (κ2) is 6.27. The van der Waals surface area contributed by atoms with Gasteiger partial charge in [0.1, 0.15) is 18.1 Å². The Balaban J connectivity index is 1.87. The first kappa shape index (κ1) is 17.1. The van der Waals surface area contributed by atoms with Crippen LogP contribution in [0.4, 0.5) is 13.2 Å². The van der Waals surface area contributed by atoms with Gasteiger partial charge >= 0.3 is 6.18 Å². The van der Waals surface area contributed by atoms with Crippen LogP contribution in [-0.4, -0.2) is 27.4 Å². The molecule has 0 aliphatic heterocycles. The van der Waals surface area contributed by atoms with E-state index in [0.29, 0.717) is 11.5 Å². The van der Waals surface area contributed by atoms with Crippen LogP contribution in [0.2, 0.25) is 0 Å². The van der Waals surface area contributed by atoms with E-state index in [-0.39, 0.29) is 17.6 Å². The molecule has 25 heavy (non-hydrogen) atoms. The molecule has 0 fully saturated rings. The molecule has 2 aromatic heterocycles. The standard InChI is InChI=1S/C17H16F3N3O2/c1-11-7-8-12(25-11)9-22(2)15(24)10-23-14-6-4-3-5-13(14)21-16(23)17(18,19)20/h3-8H,9-10H2,1-2H3. The van der Waals surface area contributed by atoms with Gasteiger partial charge in [-0.05, 0) is 31.2 Å². The van der Waals surface area contributed by atoms with E-state index in [1.165, 1.54) is 24.1 Å². The number of hydrogen-bond acceptors (Lipinski definition) is 3. The number of likely N-dealkylation sites (N-methyl/N-ethyl adjacent to an activating group) is 1. The summed E-state index contributed by atoms with van der Waals surface area (Å²) in [4.78, 5) is 17.4. The highest BCUT2D eigenvalue weighted by Crippen LogP contribution is 2.31. The number of imidazole rings is 1. The number of furan rings is 1. The quantitative estimate of drug-likeness (QED) is 0.721. The van der Waals surface area contributed by atoms with Crippen molar-refractivity contribution in [2.45, 2.75) is 26.2 Å². The van der Waals surface area contributed by atoms with Crippen LogP contribution in [0.3, 0.4) is 0 Å². The molecule has 8 heteroatoms. The summed E-state index contributed by atoms with van der Waals surface area (Å²) < 4.78 is 46.1. The minimum Gasteiger partial charge on any atom is -0.464 e. The van der Waals surface area contributed by atoms with Gasteiger partial charge in [0.2, 0.25) is 11.7 Å². The van der Waals surface area contributed by atoms with Crippen molar-refractivity contribution in [1.29, 1.82) is 0 Å². The summed E-state index contributed by atoms with van der Waals surface area (Å²) in [5, 5.41) is 0. The first-order chi connectivity index (χ1) is 11.8. The van der Waals surface area contributed by atoms with Crippen molar-refractivity contribution in [3.63, 3.8) is 0 Å². The van der Waals surface area contributed by atoms with Gasteiger partial charge in [-0.15, -0.1) is 0 Å². The summed E-state index contributed by atoms with van der Waals surface area (Å²) in [6, 6.07) is 9.71. The molecule has 0 atom stereocenters. The lowest BCUT2D eigenvalue weighted by Crippen LogP contribution is -2.31. The van der Waals surface area contributed by atoms with Gasteiger partial charge < -0.3 is 13.9 Å². The van der Waals surface area contributed by atoms with Crippen LogP contribution in [0.1, 0.15) is 17.3 Å². The van der Waals surface area contributed by atoms with Gasteiger partial charge in [0.05, 0.1) is 17.6 Å². The molecule has 0 saturated carbocycles. The lowest BCUT2D eigenvalue weighted by atomic mass is 10.3. The van der Waals surface area contributed by atoms with Crippen LogP contribution in [0.25, 0.3) is 11.0 Å². The molecular formula is C17H16F3N3O2. The van der Waals surface area contributed by atoms with Gasteiger partial charge in [0.15, 0.2) is 0 Å². The Morgan fingerprint density at radius 2 is 1.96 bits per heavy atom. The van der Waals surface area contributed by atoms with Crippen molar-refractivity contribution in [3.8, 4) is 0 Å². The topological polar surface area (TPSA) is 51.3 Å². The molecule has 0 spiro atoms. The van der Waals surface area contributed by atoms with Crippen LogP contribution in [0.15, 0.2) is 40.8 Å². The lowest BCUT2D eigenvalue weighted by molar-refractivity contribution is -0.148. The zero-order valence-corrected chi connectivity index (χ0v) is 13.7. The Kier molecular flexibility index (Phi) is 4.28. The number of alkyl halides is 3. The van der Waals surface area contributed by atoms with Crippen molar-refractivity contribution in [2.75, 3.05) is 7.05 Å². The van der Waals surface area contributed by atoms with Crippen molar-refractivity contribution >= 4 is 16.9 Å². The molecule has 0 N–H and O–H groups in total. The van der Waals surface area contributed by atoms with E-state index in [9.17, 15) is 18.0 Å². The van der Waals surface area contributed by atoms with E-state index in [1.54, 1.807) is 31.2 Å². The average Bonchev–Trinajstić information content (AvgIpc) is 3.11. The highest BCUT2D eigenvalue weighted by Gasteiger charge is 2.38. The van der Waals surface area contributed by atoms with E-state index in [2.05, 4.69) is 4.98 Å². The molecule has 0 saturated heterocycles. The molecule has 1 aromatic carbocycles.